The average Bonchev–Trinajstić information content (AvgIpc) is 2.66. The molecular weight excluding hydrogens is 419 g/mol. The van der Waals surface area contributed by atoms with E-state index in [1.54, 1.807) is 24.3 Å². The highest BCUT2D eigenvalue weighted by Crippen LogP contribution is 2.46. The highest BCUT2D eigenvalue weighted by molar-refractivity contribution is 8.04. The highest BCUT2D eigenvalue weighted by Gasteiger charge is 2.56. The molecule has 12 heteroatoms. The van der Waals surface area contributed by atoms with Crippen molar-refractivity contribution in [2.45, 2.75) is 17.8 Å². The van der Waals surface area contributed by atoms with Crippen LogP contribution in [0.5, 0.6) is 0 Å². The Hall–Kier alpha value is -2.73. The fourth-order valence-electron chi connectivity index (χ4n) is 2.93. The fraction of sp³-hybridized carbons (Fsp3) is 0.235. The Balaban J connectivity index is 1.82. The number of hydrogen-bond acceptors (Lipinski definition) is 8. The van der Waals surface area contributed by atoms with Gasteiger partial charge in [0.15, 0.2) is 11.5 Å². The van der Waals surface area contributed by atoms with Gasteiger partial charge in [-0.1, -0.05) is 48.7 Å². The van der Waals surface area contributed by atoms with Crippen LogP contribution in [0.25, 0.3) is 0 Å². The lowest BCUT2D eigenvalue weighted by atomic mass is 10.0. The molecule has 0 radical (unpaired) electrons. The monoisotopic (exact) mass is 436 g/mol. The number of β-lactam (4-membered cyclic amide) rings is 1. The molecule has 152 valence electrons. The predicted octanol–water partition coefficient (Wildman–Crippen LogP) is -0.578. The van der Waals surface area contributed by atoms with Gasteiger partial charge in [-0.15, -0.1) is 0 Å². The van der Waals surface area contributed by atoms with Gasteiger partial charge in [0.25, 0.3) is 5.91 Å². The Morgan fingerprint density at radius 3 is 2.55 bits per heavy atom. The number of nitrogens with one attached hydrogen (secondary N) is 1. The summed E-state index contributed by atoms with van der Waals surface area (Å²) in [6.07, 6.45) is 0.897. The maximum atomic E-state index is 12.7. The number of rotatable bonds is 6. The van der Waals surface area contributed by atoms with E-state index in [9.17, 15) is 22.8 Å². The van der Waals surface area contributed by atoms with Crippen molar-refractivity contribution in [2.75, 3.05) is 6.26 Å². The number of carbonyl (C=O) groups excluding carboxylic acids is 3. The van der Waals surface area contributed by atoms with Gasteiger partial charge in [-0.05, 0) is 5.56 Å². The van der Waals surface area contributed by atoms with Gasteiger partial charge in [0.1, 0.15) is 11.4 Å². The number of carbonyl (C=O) groups is 3. The molecule has 0 bridgehead atoms. The Morgan fingerprint density at radius 1 is 1.31 bits per heavy atom. The lowest BCUT2D eigenvalue weighted by Gasteiger charge is -2.49. The zero-order valence-electron chi connectivity index (χ0n) is 15.6. The minimum absolute atomic E-state index is 0.0884. The third kappa shape index (κ3) is 4.32. The van der Waals surface area contributed by atoms with Crippen LogP contribution < -0.4 is 5.32 Å². The van der Waals surface area contributed by atoms with Crippen molar-refractivity contribution in [3.8, 4) is 0 Å². The van der Waals surface area contributed by atoms with Gasteiger partial charge in [0.2, 0.25) is 5.91 Å². The third-order valence-corrected chi connectivity index (χ3v) is 5.82. The second-order valence-corrected chi connectivity index (χ2v) is 9.09. The summed E-state index contributed by atoms with van der Waals surface area (Å²) in [5, 5.41) is 1.98. The molecule has 1 fully saturated rings. The maximum absolute atomic E-state index is 12.7. The van der Waals surface area contributed by atoms with E-state index in [1.165, 1.54) is 0 Å². The molecule has 1 saturated heterocycles. The molecule has 0 unspecified atom stereocenters. The van der Waals surface area contributed by atoms with Gasteiger partial charge in [0.05, 0.1) is 12.7 Å². The summed E-state index contributed by atoms with van der Waals surface area (Å²) in [5.74, 6) is -2.24. The number of amides is 2. The minimum atomic E-state index is -3.98. The Labute approximate surface area is 172 Å². The summed E-state index contributed by atoms with van der Waals surface area (Å²) >= 11 is 1.02. The zero-order valence-corrected chi connectivity index (χ0v) is 17.2. The van der Waals surface area contributed by atoms with Crippen molar-refractivity contribution in [2.24, 2.45) is 0 Å². The molecule has 2 amide bonds. The summed E-state index contributed by atoms with van der Waals surface area (Å²) in [6, 6.07) is 8.12. The van der Waals surface area contributed by atoms with Crippen molar-refractivity contribution in [3.63, 3.8) is 0 Å². The van der Waals surface area contributed by atoms with E-state index in [4.69, 9.17) is 4.18 Å². The number of hydrogen-bond donors (Lipinski definition) is 1. The van der Waals surface area contributed by atoms with Crippen molar-refractivity contribution in [3.05, 3.63) is 58.8 Å². The average molecular weight is 436 g/mol. The molecule has 1 aromatic rings. The first-order valence-electron chi connectivity index (χ1n) is 8.36. The molecule has 0 saturated carbocycles. The summed E-state index contributed by atoms with van der Waals surface area (Å²) in [6.45, 7) is 3.73. The molecule has 3 rings (SSSR count). The van der Waals surface area contributed by atoms with Gasteiger partial charge in [-0.2, -0.15) is 8.42 Å². The standard InChI is InChI=1S/C17H17BN2O7S2/c1-9-14(27-29(2,24)25)13(17(23)26-18)20-15(22)12(16(20)28-9)19-11(21)8-10-6-4-3-5-7-10/h3-7,12,16H,1,8,18H2,2H3,(H,19,21)/t12-,16-/m1/s1. The first kappa shape index (κ1) is 21.0. The molecule has 2 heterocycles. The number of fused-ring (bicyclic) bond motifs is 1. The Kier molecular flexibility index (Phi) is 5.76. The molecule has 0 aromatic heterocycles. The molecule has 0 aliphatic carbocycles. The van der Waals surface area contributed by atoms with E-state index in [1.807, 2.05) is 6.07 Å². The lowest BCUT2D eigenvalue weighted by Crippen LogP contribution is -2.70. The molecule has 2 aliphatic heterocycles. The van der Waals surface area contributed by atoms with Crippen LogP contribution in [-0.2, 0) is 39.8 Å². The van der Waals surface area contributed by atoms with Crippen molar-refractivity contribution < 1.29 is 31.6 Å². The highest BCUT2D eigenvalue weighted by atomic mass is 32.2. The quantitative estimate of drug-likeness (QED) is 0.358. The lowest BCUT2D eigenvalue weighted by molar-refractivity contribution is -0.150. The minimum Gasteiger partial charge on any atom is -0.539 e. The van der Waals surface area contributed by atoms with Crippen molar-refractivity contribution >= 4 is 47.7 Å². The summed E-state index contributed by atoms with van der Waals surface area (Å²) in [5.41, 5.74) is 0.429. The van der Waals surface area contributed by atoms with E-state index < -0.39 is 33.4 Å². The molecular formula is C17H17BN2O7S2. The number of thioether (sulfide) groups is 1. The second kappa shape index (κ2) is 7.95. The summed E-state index contributed by atoms with van der Waals surface area (Å²) < 4.78 is 32.7. The molecule has 0 spiro atoms. The van der Waals surface area contributed by atoms with Gasteiger partial charge >= 0.3 is 24.1 Å². The van der Waals surface area contributed by atoms with Crippen LogP contribution in [0.2, 0.25) is 0 Å². The molecule has 1 aromatic carbocycles. The van der Waals surface area contributed by atoms with Crippen LogP contribution in [0.15, 0.2) is 53.3 Å². The first-order chi connectivity index (χ1) is 13.6. The Bertz CT molecular complexity index is 1020. The van der Waals surface area contributed by atoms with E-state index in [-0.39, 0.29) is 28.7 Å². The van der Waals surface area contributed by atoms with Gasteiger partial charge in [0, 0.05) is 4.91 Å². The molecule has 29 heavy (non-hydrogen) atoms. The van der Waals surface area contributed by atoms with Gasteiger partial charge < -0.3 is 14.2 Å². The van der Waals surface area contributed by atoms with E-state index in [0.717, 1.165) is 36.5 Å². The normalized spacial score (nSPS) is 21.2. The van der Waals surface area contributed by atoms with Gasteiger partial charge in [-0.3, -0.25) is 14.5 Å². The van der Waals surface area contributed by atoms with E-state index >= 15 is 0 Å². The molecule has 1 N–H and O–H groups in total. The smallest absolute Gasteiger partial charge is 0.341 e. The van der Waals surface area contributed by atoms with Crippen molar-refractivity contribution in [1.82, 2.24) is 10.2 Å². The maximum Gasteiger partial charge on any atom is 0.341 e. The topological polar surface area (TPSA) is 119 Å². The largest absolute Gasteiger partial charge is 0.539 e. The van der Waals surface area contributed by atoms with Crippen LogP contribution in [0.3, 0.4) is 0 Å². The van der Waals surface area contributed by atoms with Crippen LogP contribution in [-0.4, -0.2) is 56.8 Å². The predicted molar refractivity (Wildman–Crippen MR) is 107 cm³/mol. The van der Waals surface area contributed by atoms with E-state index in [0.29, 0.717) is 0 Å². The molecule has 2 aliphatic rings. The molecule has 2 atom stereocenters. The third-order valence-electron chi connectivity index (χ3n) is 4.15. The Morgan fingerprint density at radius 2 is 1.97 bits per heavy atom. The number of benzene rings is 1. The van der Waals surface area contributed by atoms with Crippen LogP contribution in [0.4, 0.5) is 0 Å². The van der Waals surface area contributed by atoms with Crippen molar-refractivity contribution in [1.29, 1.82) is 0 Å². The fourth-order valence-corrected chi connectivity index (χ4v) is 4.63. The summed E-state index contributed by atoms with van der Waals surface area (Å²) in [4.78, 5) is 38.4. The zero-order chi connectivity index (χ0) is 21.3. The van der Waals surface area contributed by atoms with Gasteiger partial charge in [-0.25, -0.2) is 4.79 Å². The van der Waals surface area contributed by atoms with Crippen LogP contribution >= 0.6 is 11.8 Å². The number of nitrogens with zero attached hydrogens (tertiary/aromatic N) is 1. The second-order valence-electron chi connectivity index (χ2n) is 6.30. The van der Waals surface area contributed by atoms with Crippen LogP contribution in [0.1, 0.15) is 5.56 Å². The summed E-state index contributed by atoms with van der Waals surface area (Å²) in [7, 11) is -2.89. The SMILES string of the molecule is BOC(=O)C1=C(OS(C)(=O)=O)C(=C)S[C@@H]2[C@H](NC(=O)Cc3ccccc3)C(=O)N12. The first-order valence-corrected chi connectivity index (χ1v) is 11.1. The van der Waals surface area contributed by atoms with Crippen LogP contribution in [0, 0.1) is 0 Å². The van der Waals surface area contributed by atoms with E-state index in [2.05, 4.69) is 16.6 Å². The molecule has 9 nitrogen and oxygen atoms in total.